The molecule has 142 valence electrons. The van der Waals surface area contributed by atoms with Crippen molar-refractivity contribution < 1.29 is 14.3 Å². The number of rotatable bonds is 6. The summed E-state index contributed by atoms with van der Waals surface area (Å²) in [4.78, 5) is 10.9. The van der Waals surface area contributed by atoms with Crippen LogP contribution in [-0.4, -0.2) is 57.6 Å². The Hall–Kier alpha value is -2.78. The molecule has 27 heavy (non-hydrogen) atoms. The highest BCUT2D eigenvalue weighted by Crippen LogP contribution is 2.24. The highest BCUT2D eigenvalue weighted by atomic mass is 19.3. The van der Waals surface area contributed by atoms with E-state index in [1.807, 2.05) is 35.9 Å². The van der Waals surface area contributed by atoms with Crippen LogP contribution in [-0.2, 0) is 11.6 Å². The van der Waals surface area contributed by atoms with E-state index in [2.05, 4.69) is 25.0 Å². The molecule has 3 aromatic rings. The molecule has 4 rings (SSSR count). The first-order chi connectivity index (χ1) is 13.3. The summed E-state index contributed by atoms with van der Waals surface area (Å²) in [6.45, 7) is 5.37. The lowest BCUT2D eigenvalue weighted by molar-refractivity contribution is -0.322. The van der Waals surface area contributed by atoms with Gasteiger partial charge >= 0.3 is 0 Å². The van der Waals surface area contributed by atoms with Gasteiger partial charge in [-0.3, -0.25) is 0 Å². The maximum atomic E-state index is 12.3. The molecule has 0 amide bonds. The van der Waals surface area contributed by atoms with Gasteiger partial charge in [0.2, 0.25) is 0 Å². The van der Waals surface area contributed by atoms with Crippen molar-refractivity contribution >= 4 is 16.9 Å². The fourth-order valence-electron chi connectivity index (χ4n) is 3.29. The molecular formula is C18H21FN6O2. The maximum absolute atomic E-state index is 12.3. The molecule has 8 nitrogen and oxygen atoms in total. The number of nitrogens with zero attached hydrogens (tertiary/aromatic N) is 6. The fourth-order valence-corrected chi connectivity index (χ4v) is 3.29. The van der Waals surface area contributed by atoms with Crippen LogP contribution in [0, 0.1) is 0 Å². The van der Waals surface area contributed by atoms with Crippen molar-refractivity contribution in [2.45, 2.75) is 13.5 Å². The van der Waals surface area contributed by atoms with E-state index in [9.17, 15) is 4.53 Å². The Bertz CT molecular complexity index is 910. The molecule has 0 atom stereocenters. The lowest BCUT2D eigenvalue weighted by Crippen LogP contribution is -2.45. The molecule has 1 saturated heterocycles. The number of hydroxylamine groups is 2. The first kappa shape index (κ1) is 17.6. The van der Waals surface area contributed by atoms with Gasteiger partial charge < -0.3 is 9.64 Å². The average Bonchev–Trinajstić information content (AvgIpc) is 3.12. The van der Waals surface area contributed by atoms with Gasteiger partial charge in [0.15, 0.2) is 5.65 Å². The lowest BCUT2D eigenvalue weighted by Gasteiger charge is -2.32. The molecule has 0 bridgehead atoms. The molecule has 1 fully saturated rings. The molecule has 0 saturated carbocycles. The van der Waals surface area contributed by atoms with E-state index in [1.165, 1.54) is 5.06 Å². The standard InChI is InChI=1S/C18H21FN6O2/c1-2-26-15-5-3-4-14(10-15)12-25-18-16(11-22-25)17(20-13-21-18)23-6-8-24(27-19)9-7-23/h3-5,10-11,13H,2,6-9,12H2,1H3. The minimum absolute atomic E-state index is 0.473. The number of hydrogen-bond donors (Lipinski definition) is 0. The third kappa shape index (κ3) is 3.69. The number of aromatic nitrogens is 4. The maximum Gasteiger partial charge on any atom is 0.163 e. The first-order valence-corrected chi connectivity index (χ1v) is 8.95. The van der Waals surface area contributed by atoms with Gasteiger partial charge in [0.05, 0.1) is 24.7 Å². The largest absolute Gasteiger partial charge is 0.494 e. The normalized spacial score (nSPS) is 15.4. The molecule has 0 N–H and O–H groups in total. The second kappa shape index (κ2) is 7.85. The van der Waals surface area contributed by atoms with Gasteiger partial charge in [0, 0.05) is 26.2 Å². The monoisotopic (exact) mass is 372 g/mol. The zero-order chi connectivity index (χ0) is 18.6. The number of hydrogen-bond acceptors (Lipinski definition) is 7. The van der Waals surface area contributed by atoms with E-state index in [0.29, 0.717) is 39.3 Å². The summed E-state index contributed by atoms with van der Waals surface area (Å²) in [5.74, 6) is 1.66. The van der Waals surface area contributed by atoms with E-state index < -0.39 is 0 Å². The van der Waals surface area contributed by atoms with Crippen LogP contribution >= 0.6 is 0 Å². The molecule has 1 aliphatic heterocycles. The molecule has 2 aromatic heterocycles. The predicted octanol–water partition coefficient (Wildman–Crippen LogP) is 2.21. The van der Waals surface area contributed by atoms with E-state index in [1.54, 1.807) is 12.5 Å². The molecule has 0 aliphatic carbocycles. The number of benzene rings is 1. The highest BCUT2D eigenvalue weighted by Gasteiger charge is 2.22. The van der Waals surface area contributed by atoms with Crippen molar-refractivity contribution in [3.63, 3.8) is 0 Å². The van der Waals surface area contributed by atoms with E-state index >= 15 is 0 Å². The van der Waals surface area contributed by atoms with Crippen molar-refractivity contribution in [3.05, 3.63) is 42.4 Å². The minimum Gasteiger partial charge on any atom is -0.494 e. The van der Waals surface area contributed by atoms with Crippen LogP contribution in [0.4, 0.5) is 10.3 Å². The summed E-state index contributed by atoms with van der Waals surface area (Å²) in [6.07, 6.45) is 3.33. The number of ether oxygens (including phenoxy) is 1. The third-order valence-corrected chi connectivity index (χ3v) is 4.59. The number of piperazine rings is 1. The number of halogens is 1. The van der Waals surface area contributed by atoms with Crippen molar-refractivity contribution in [3.8, 4) is 5.75 Å². The first-order valence-electron chi connectivity index (χ1n) is 8.95. The molecule has 0 spiro atoms. The molecule has 0 radical (unpaired) electrons. The second-order valence-electron chi connectivity index (χ2n) is 6.30. The van der Waals surface area contributed by atoms with Gasteiger partial charge in [-0.25, -0.2) is 14.6 Å². The van der Waals surface area contributed by atoms with Gasteiger partial charge in [0.1, 0.15) is 17.9 Å². The van der Waals surface area contributed by atoms with Gasteiger partial charge in [-0.1, -0.05) is 17.2 Å². The third-order valence-electron chi connectivity index (χ3n) is 4.59. The van der Waals surface area contributed by atoms with Gasteiger partial charge in [0.25, 0.3) is 0 Å². The Morgan fingerprint density at radius 1 is 1.15 bits per heavy atom. The van der Waals surface area contributed by atoms with Crippen molar-refractivity contribution in [1.82, 2.24) is 24.8 Å². The van der Waals surface area contributed by atoms with Crippen LogP contribution in [0.5, 0.6) is 5.75 Å². The zero-order valence-electron chi connectivity index (χ0n) is 15.1. The molecule has 9 heteroatoms. The van der Waals surface area contributed by atoms with Crippen LogP contribution in [0.25, 0.3) is 11.0 Å². The molecule has 1 aromatic carbocycles. The average molecular weight is 372 g/mol. The Balaban J connectivity index is 1.58. The predicted molar refractivity (Wildman–Crippen MR) is 98.0 cm³/mol. The lowest BCUT2D eigenvalue weighted by atomic mass is 10.2. The number of fused-ring (bicyclic) bond motifs is 1. The topological polar surface area (TPSA) is 68.5 Å². The van der Waals surface area contributed by atoms with Crippen LogP contribution in [0.15, 0.2) is 36.8 Å². The zero-order valence-corrected chi connectivity index (χ0v) is 15.1. The summed E-state index contributed by atoms with van der Waals surface area (Å²) < 4.78 is 19.7. The van der Waals surface area contributed by atoms with E-state index in [4.69, 9.17) is 4.74 Å². The summed E-state index contributed by atoms with van der Waals surface area (Å²) >= 11 is 0. The minimum atomic E-state index is 0.473. The summed E-state index contributed by atoms with van der Waals surface area (Å²) in [5, 5.41) is 10.5. The van der Waals surface area contributed by atoms with Crippen molar-refractivity contribution in [2.24, 2.45) is 0 Å². The second-order valence-corrected chi connectivity index (χ2v) is 6.30. The quantitative estimate of drug-likeness (QED) is 0.657. The Kier molecular flexibility index (Phi) is 5.12. The smallest absolute Gasteiger partial charge is 0.163 e. The van der Waals surface area contributed by atoms with Gasteiger partial charge in [-0.05, 0) is 29.1 Å². The Morgan fingerprint density at radius 2 is 2.00 bits per heavy atom. The fraction of sp³-hybridized carbons (Fsp3) is 0.389. The van der Waals surface area contributed by atoms with Crippen LogP contribution < -0.4 is 9.64 Å². The Morgan fingerprint density at radius 3 is 2.78 bits per heavy atom. The number of anilines is 1. The van der Waals surface area contributed by atoms with E-state index in [0.717, 1.165) is 28.2 Å². The van der Waals surface area contributed by atoms with Crippen molar-refractivity contribution in [2.75, 3.05) is 37.7 Å². The van der Waals surface area contributed by atoms with Crippen LogP contribution in [0.2, 0.25) is 0 Å². The molecule has 3 heterocycles. The summed E-state index contributed by atoms with van der Waals surface area (Å²) in [7, 11) is 0. The van der Waals surface area contributed by atoms with Gasteiger partial charge in [-0.15, -0.1) is 5.06 Å². The highest BCUT2D eigenvalue weighted by molar-refractivity contribution is 5.86. The molecule has 0 unspecified atom stereocenters. The van der Waals surface area contributed by atoms with Crippen LogP contribution in [0.3, 0.4) is 0 Å². The Labute approximate surface area is 156 Å². The van der Waals surface area contributed by atoms with Crippen LogP contribution in [0.1, 0.15) is 12.5 Å². The molecular weight excluding hydrogens is 351 g/mol. The SMILES string of the molecule is CCOc1cccc(Cn2ncc3c(N4CCN(OF)CC4)ncnc32)c1. The molecule has 1 aliphatic rings. The van der Waals surface area contributed by atoms with Gasteiger partial charge in [-0.2, -0.15) is 5.10 Å². The van der Waals surface area contributed by atoms with Crippen molar-refractivity contribution in [1.29, 1.82) is 0 Å². The van der Waals surface area contributed by atoms with E-state index in [-0.39, 0.29) is 0 Å². The summed E-state index contributed by atoms with van der Waals surface area (Å²) in [5.41, 5.74) is 1.85. The summed E-state index contributed by atoms with van der Waals surface area (Å²) in [6, 6.07) is 7.96.